The summed E-state index contributed by atoms with van der Waals surface area (Å²) in [7, 11) is 0. The summed E-state index contributed by atoms with van der Waals surface area (Å²) in [6.07, 6.45) is 1.36. The topological polar surface area (TPSA) is 322 Å². The molecule has 0 aromatic carbocycles. The zero-order chi connectivity index (χ0) is 47.9. The molecular formula is C42H72N10O11. The van der Waals surface area contributed by atoms with Gasteiger partial charge in [0.05, 0.1) is 6.54 Å². The molecule has 0 unspecified atom stereocenters. The van der Waals surface area contributed by atoms with Crippen molar-refractivity contribution in [1.29, 1.82) is 0 Å². The fourth-order valence-electron chi connectivity index (χ4n) is 7.68. The van der Waals surface area contributed by atoms with Crippen LogP contribution in [0.15, 0.2) is 0 Å². The van der Waals surface area contributed by atoms with E-state index in [0.29, 0.717) is 19.3 Å². The number of rotatable bonds is 24. The zero-order valence-corrected chi connectivity index (χ0v) is 38.3. The Kier molecular flexibility index (Phi) is 21.4. The van der Waals surface area contributed by atoms with E-state index in [0.717, 1.165) is 0 Å². The molecular weight excluding hydrogens is 821 g/mol. The second-order valence-corrected chi connectivity index (χ2v) is 18.1. The molecule has 0 aromatic heterocycles. The maximum atomic E-state index is 14.1. The molecule has 0 radical (unpaired) electrons. The Morgan fingerprint density at radius 1 is 0.587 bits per heavy atom. The summed E-state index contributed by atoms with van der Waals surface area (Å²) in [4.78, 5) is 134. The highest BCUT2D eigenvalue weighted by molar-refractivity contribution is 5.98. The molecule has 2 fully saturated rings. The number of aliphatic carboxylic acids is 1. The van der Waals surface area contributed by atoms with Gasteiger partial charge in [-0.3, -0.25) is 43.2 Å². The summed E-state index contributed by atoms with van der Waals surface area (Å²) in [6, 6.07) is -8.85. The fraction of sp³-hybridized carbons (Fsp3) is 0.762. The van der Waals surface area contributed by atoms with E-state index in [9.17, 15) is 53.1 Å². The van der Waals surface area contributed by atoms with Gasteiger partial charge in [-0.15, -0.1) is 0 Å². The molecule has 2 saturated heterocycles. The number of nitrogens with one attached hydrogen (secondary N) is 6. The molecule has 9 amide bonds. The first-order chi connectivity index (χ1) is 29.4. The summed E-state index contributed by atoms with van der Waals surface area (Å²) in [5, 5.41) is 25.3. The first-order valence-electron chi connectivity index (χ1n) is 22.0. The number of carboxylic acids is 1. The van der Waals surface area contributed by atoms with Crippen LogP contribution in [0.5, 0.6) is 0 Å². The molecule has 2 rings (SSSR count). The van der Waals surface area contributed by atoms with Gasteiger partial charge in [-0.2, -0.15) is 0 Å². The Bertz CT molecular complexity index is 1670. The van der Waals surface area contributed by atoms with Gasteiger partial charge in [0.25, 0.3) is 0 Å². The van der Waals surface area contributed by atoms with Gasteiger partial charge in [0, 0.05) is 19.5 Å². The summed E-state index contributed by atoms with van der Waals surface area (Å²) < 4.78 is 0. The van der Waals surface area contributed by atoms with Gasteiger partial charge in [-0.25, -0.2) is 4.79 Å². The molecule has 2 aliphatic heterocycles. The lowest BCUT2D eigenvalue weighted by Gasteiger charge is -2.32. The number of carbonyl (C=O) groups is 10. The van der Waals surface area contributed by atoms with Crippen molar-refractivity contribution in [1.82, 2.24) is 41.7 Å². The van der Waals surface area contributed by atoms with Crippen molar-refractivity contribution in [3.63, 3.8) is 0 Å². The van der Waals surface area contributed by atoms with Crippen molar-refractivity contribution in [3.8, 4) is 0 Å². The molecule has 2 heterocycles. The first kappa shape index (κ1) is 53.8. The average Bonchev–Trinajstić information content (AvgIpc) is 3.89. The number of nitrogens with zero attached hydrogens (tertiary/aromatic N) is 2. The molecule has 0 bridgehead atoms. The predicted molar refractivity (Wildman–Crippen MR) is 230 cm³/mol. The van der Waals surface area contributed by atoms with Gasteiger partial charge >= 0.3 is 5.97 Å². The number of amides is 9. The van der Waals surface area contributed by atoms with E-state index in [1.165, 1.54) is 16.7 Å². The minimum absolute atomic E-state index is 0.0273. The van der Waals surface area contributed by atoms with Crippen LogP contribution in [0.3, 0.4) is 0 Å². The van der Waals surface area contributed by atoms with Crippen LogP contribution in [0, 0.1) is 23.7 Å². The van der Waals surface area contributed by atoms with Crippen LogP contribution in [-0.4, -0.2) is 142 Å². The van der Waals surface area contributed by atoms with Gasteiger partial charge < -0.3 is 58.3 Å². The lowest BCUT2D eigenvalue weighted by atomic mass is 9.99. The molecule has 0 aliphatic carbocycles. The van der Waals surface area contributed by atoms with E-state index in [-0.39, 0.29) is 69.5 Å². The third-order valence-corrected chi connectivity index (χ3v) is 11.1. The van der Waals surface area contributed by atoms with Crippen molar-refractivity contribution >= 4 is 59.1 Å². The number of likely N-dealkylation sites (tertiary alicyclic amines) is 2. The predicted octanol–water partition coefficient (Wildman–Crippen LogP) is -1.39. The normalized spacial score (nSPS) is 19.1. The van der Waals surface area contributed by atoms with E-state index >= 15 is 0 Å². The largest absolute Gasteiger partial charge is 0.480 e. The molecule has 0 aromatic rings. The van der Waals surface area contributed by atoms with Gasteiger partial charge in [0.1, 0.15) is 48.3 Å². The Labute approximate surface area is 370 Å². The van der Waals surface area contributed by atoms with E-state index in [4.69, 9.17) is 11.5 Å². The van der Waals surface area contributed by atoms with Crippen LogP contribution in [0.2, 0.25) is 0 Å². The molecule has 21 heteroatoms. The molecule has 2 aliphatic rings. The van der Waals surface area contributed by atoms with Gasteiger partial charge in [-0.05, 0) is 75.5 Å². The number of carbonyl (C=O) groups excluding carboxylic acids is 9. The minimum Gasteiger partial charge on any atom is -0.480 e. The zero-order valence-electron chi connectivity index (χ0n) is 38.3. The average molecular weight is 893 g/mol. The number of nitrogens with two attached hydrogens (primary N) is 2. The van der Waals surface area contributed by atoms with E-state index in [1.807, 2.05) is 27.7 Å². The Hall–Kier alpha value is -5.34. The Morgan fingerprint density at radius 2 is 1.05 bits per heavy atom. The highest BCUT2D eigenvalue weighted by atomic mass is 16.4. The molecule has 356 valence electrons. The third-order valence-electron chi connectivity index (χ3n) is 11.1. The van der Waals surface area contributed by atoms with E-state index in [1.54, 1.807) is 27.7 Å². The van der Waals surface area contributed by atoms with Crippen molar-refractivity contribution < 1.29 is 53.1 Å². The van der Waals surface area contributed by atoms with Crippen LogP contribution in [0.4, 0.5) is 0 Å². The lowest BCUT2D eigenvalue weighted by Crippen LogP contribution is -2.60. The second kappa shape index (κ2) is 25.1. The summed E-state index contributed by atoms with van der Waals surface area (Å²) in [5.74, 6) is -7.94. The molecule has 63 heavy (non-hydrogen) atoms. The van der Waals surface area contributed by atoms with Crippen LogP contribution in [0.1, 0.15) is 114 Å². The lowest BCUT2D eigenvalue weighted by molar-refractivity contribution is -0.144. The first-order valence-corrected chi connectivity index (χ1v) is 22.0. The van der Waals surface area contributed by atoms with E-state index in [2.05, 4.69) is 31.9 Å². The monoisotopic (exact) mass is 893 g/mol. The van der Waals surface area contributed by atoms with Gasteiger partial charge in [0.2, 0.25) is 53.2 Å². The summed E-state index contributed by atoms with van der Waals surface area (Å²) in [6.45, 7) is 15.6. The van der Waals surface area contributed by atoms with E-state index < -0.39 is 113 Å². The highest BCUT2D eigenvalue weighted by Gasteiger charge is 2.42. The second-order valence-electron chi connectivity index (χ2n) is 18.1. The van der Waals surface area contributed by atoms with Gasteiger partial charge in [0.15, 0.2) is 0 Å². The molecule has 0 saturated carbocycles. The van der Waals surface area contributed by atoms with Crippen LogP contribution in [0.25, 0.3) is 0 Å². The Morgan fingerprint density at radius 3 is 1.46 bits per heavy atom. The number of hydrogen-bond donors (Lipinski definition) is 9. The quantitative estimate of drug-likeness (QED) is 0.0541. The Balaban J connectivity index is 2.21. The number of primary amides is 1. The summed E-state index contributed by atoms with van der Waals surface area (Å²) in [5.41, 5.74) is 10.7. The van der Waals surface area contributed by atoms with Crippen molar-refractivity contribution in [2.24, 2.45) is 35.1 Å². The molecule has 0 spiro atoms. The molecule has 8 atom stereocenters. The number of carboxylic acid groups (broad SMARTS) is 1. The maximum absolute atomic E-state index is 14.1. The summed E-state index contributed by atoms with van der Waals surface area (Å²) >= 11 is 0. The van der Waals surface area contributed by atoms with Crippen LogP contribution >= 0.6 is 0 Å². The SMILES string of the molecule is CC(C)C[C@H](NC(=O)[C@H](C)NC(=O)[C@@H]1CCCN1C(=O)[C@H](CC(C)C)NC(=O)[C@@H](NC(=O)CN)C(C)C)C(=O)N1CCC[C@H]1C(=O)N[C@@H](CCC(N)=O)C(=O)N[C@H](C(=O)O)C(C)C. The van der Waals surface area contributed by atoms with Crippen molar-refractivity contribution in [2.75, 3.05) is 19.6 Å². The number of hydrogen-bond acceptors (Lipinski definition) is 11. The fourth-order valence-corrected chi connectivity index (χ4v) is 7.68. The maximum Gasteiger partial charge on any atom is 0.326 e. The van der Waals surface area contributed by atoms with Crippen molar-refractivity contribution in [3.05, 3.63) is 0 Å². The molecule has 11 N–H and O–H groups in total. The van der Waals surface area contributed by atoms with Crippen LogP contribution < -0.4 is 43.4 Å². The smallest absolute Gasteiger partial charge is 0.326 e. The van der Waals surface area contributed by atoms with Crippen molar-refractivity contribution in [2.45, 2.75) is 162 Å². The van der Waals surface area contributed by atoms with Crippen LogP contribution in [-0.2, 0) is 47.9 Å². The molecule has 21 nitrogen and oxygen atoms in total. The highest BCUT2D eigenvalue weighted by Crippen LogP contribution is 2.23. The van der Waals surface area contributed by atoms with Gasteiger partial charge in [-0.1, -0.05) is 55.4 Å². The standard InChI is InChI=1S/C42H72N10O11/c1-21(2)18-27(40(60)52-17-11-13-30(52)38(58)46-26(14-15-31(44)53)36(56)50-34(24(7)8)42(62)63)47-35(55)25(9)45-37(57)29-12-10-16-51(29)41(61)28(19-22(3)4)48-39(59)33(23(5)6)49-32(54)20-43/h21-30,33-34H,10-20,43H2,1-9H3,(H2,44,53)(H,45,57)(H,46,58)(H,47,55)(H,48,59)(H,49,54)(H,50,56)(H,62,63)/t25-,26-,27-,28-,29-,30-,33-,34-/m0/s1. The minimum atomic E-state index is -1.34. The third kappa shape index (κ3) is 16.4.